The smallest absolute Gasteiger partial charge is 0.239 e. The highest BCUT2D eigenvalue weighted by Crippen LogP contribution is 2.21. The van der Waals surface area contributed by atoms with Crippen LogP contribution in [-0.2, 0) is 4.79 Å². The number of rotatable bonds is 6. The van der Waals surface area contributed by atoms with Gasteiger partial charge in [0.05, 0.1) is 6.54 Å². The topological polar surface area (TPSA) is 92.1 Å². The summed E-state index contributed by atoms with van der Waals surface area (Å²) in [6.07, 6.45) is 6.26. The van der Waals surface area contributed by atoms with Crippen molar-refractivity contribution >= 4 is 23.1 Å². The van der Waals surface area contributed by atoms with E-state index in [1.807, 2.05) is 11.4 Å². The van der Waals surface area contributed by atoms with E-state index in [1.54, 1.807) is 29.3 Å². The van der Waals surface area contributed by atoms with E-state index in [9.17, 15) is 4.79 Å². The van der Waals surface area contributed by atoms with E-state index in [0.29, 0.717) is 35.1 Å². The van der Waals surface area contributed by atoms with Crippen LogP contribution in [0.15, 0.2) is 36.1 Å². The summed E-state index contributed by atoms with van der Waals surface area (Å²) in [6, 6.07) is 4.03. The Hall–Kier alpha value is -2.69. The van der Waals surface area contributed by atoms with Crippen LogP contribution in [0.5, 0.6) is 0 Å². The number of likely N-dealkylation sites (N-methyl/N-ethyl adjacent to an activating group) is 1. The minimum absolute atomic E-state index is 0.0883. The number of nitrogens with zero attached hydrogens (tertiary/aromatic N) is 7. The average Bonchev–Trinajstić information content (AvgIpc) is 3.43. The Morgan fingerprint density at radius 1 is 1.36 bits per heavy atom. The van der Waals surface area contributed by atoms with Crippen molar-refractivity contribution in [2.24, 2.45) is 0 Å². The third-order valence-corrected chi connectivity index (χ3v) is 5.46. The molecule has 10 heteroatoms. The average molecular weight is 398 g/mol. The number of hydrogen-bond donors (Lipinski definition) is 1. The molecule has 1 aliphatic rings. The Labute approximate surface area is 167 Å². The molecule has 4 heterocycles. The van der Waals surface area contributed by atoms with Gasteiger partial charge in [0.15, 0.2) is 16.6 Å². The number of carbonyl (C=O) groups excluding carboxylic acids is 1. The summed E-state index contributed by atoms with van der Waals surface area (Å²) < 4.78 is 1.64. The van der Waals surface area contributed by atoms with E-state index < -0.39 is 0 Å². The van der Waals surface area contributed by atoms with Crippen molar-refractivity contribution in [3.05, 3.63) is 36.1 Å². The van der Waals surface area contributed by atoms with Gasteiger partial charge in [-0.25, -0.2) is 19.6 Å². The number of hydrogen-bond acceptors (Lipinski definition) is 8. The fourth-order valence-corrected chi connectivity index (χ4v) is 3.78. The lowest BCUT2D eigenvalue weighted by atomic mass is 10.2. The molecule has 1 aliphatic heterocycles. The molecule has 146 valence electrons. The van der Waals surface area contributed by atoms with E-state index in [-0.39, 0.29) is 5.91 Å². The highest BCUT2D eigenvalue weighted by Gasteiger charge is 2.25. The zero-order chi connectivity index (χ0) is 19.5. The van der Waals surface area contributed by atoms with Gasteiger partial charge in [0.2, 0.25) is 5.91 Å². The number of nitrogens with one attached hydrogen (secondary N) is 1. The van der Waals surface area contributed by atoms with E-state index in [4.69, 9.17) is 0 Å². The number of thiazole rings is 1. The zero-order valence-corrected chi connectivity index (χ0v) is 16.6. The van der Waals surface area contributed by atoms with Gasteiger partial charge in [-0.1, -0.05) is 0 Å². The van der Waals surface area contributed by atoms with Gasteiger partial charge in [-0.2, -0.15) is 5.10 Å². The van der Waals surface area contributed by atoms with Crippen LogP contribution >= 0.6 is 11.3 Å². The van der Waals surface area contributed by atoms with E-state index in [1.165, 1.54) is 11.3 Å². The van der Waals surface area contributed by atoms with Crippen molar-refractivity contribution in [1.82, 2.24) is 34.5 Å². The second-order valence-electron chi connectivity index (χ2n) is 6.91. The molecular formula is C18H22N8OS. The second kappa shape index (κ2) is 8.13. The summed E-state index contributed by atoms with van der Waals surface area (Å²) in [5.41, 5.74) is 0. The lowest BCUT2D eigenvalue weighted by Crippen LogP contribution is -2.35. The quantitative estimate of drug-likeness (QED) is 0.670. The Morgan fingerprint density at radius 2 is 2.25 bits per heavy atom. The number of amides is 1. The Bertz CT molecular complexity index is 873. The molecule has 1 unspecified atom stereocenters. The van der Waals surface area contributed by atoms with Crippen molar-refractivity contribution in [2.45, 2.75) is 12.5 Å². The van der Waals surface area contributed by atoms with Crippen LogP contribution in [0.4, 0.5) is 5.82 Å². The van der Waals surface area contributed by atoms with Gasteiger partial charge in [-0.3, -0.25) is 9.69 Å². The lowest BCUT2D eigenvalue weighted by molar-refractivity contribution is -0.117. The van der Waals surface area contributed by atoms with Gasteiger partial charge in [-0.05, 0) is 26.6 Å². The SMILES string of the molecule is CN(C)C1CCN(CC(=O)Nc2cc(-n3cccn3)nc(-c3nccs3)n2)C1. The molecule has 0 saturated carbocycles. The molecule has 28 heavy (non-hydrogen) atoms. The first-order valence-corrected chi connectivity index (χ1v) is 9.94. The molecule has 1 saturated heterocycles. The Balaban J connectivity index is 1.51. The zero-order valence-electron chi connectivity index (χ0n) is 15.8. The van der Waals surface area contributed by atoms with Crippen LogP contribution < -0.4 is 5.32 Å². The standard InChI is InChI=1S/C18H22N8OS/c1-24(2)13-4-8-25(11-13)12-16(27)21-14-10-15(26-7-3-5-20-26)23-17(22-14)18-19-6-9-28-18/h3,5-7,9-10,13H,4,8,11-12H2,1-2H3,(H,21,22,23,27). The first kappa shape index (κ1) is 18.7. The first-order valence-electron chi connectivity index (χ1n) is 9.06. The first-order chi connectivity index (χ1) is 13.6. The van der Waals surface area contributed by atoms with Crippen molar-refractivity contribution in [2.75, 3.05) is 39.0 Å². The molecule has 0 radical (unpaired) electrons. The number of carbonyl (C=O) groups is 1. The summed E-state index contributed by atoms with van der Waals surface area (Å²) in [7, 11) is 4.15. The van der Waals surface area contributed by atoms with E-state index in [0.717, 1.165) is 19.5 Å². The van der Waals surface area contributed by atoms with Crippen molar-refractivity contribution < 1.29 is 4.79 Å². The third-order valence-electron chi connectivity index (χ3n) is 4.69. The van der Waals surface area contributed by atoms with E-state index in [2.05, 4.69) is 49.3 Å². The molecule has 0 aromatic carbocycles. The highest BCUT2D eigenvalue weighted by molar-refractivity contribution is 7.13. The summed E-state index contributed by atoms with van der Waals surface area (Å²) in [5.74, 6) is 1.40. The molecular weight excluding hydrogens is 376 g/mol. The van der Waals surface area contributed by atoms with Gasteiger partial charge in [0, 0.05) is 49.2 Å². The molecule has 0 spiro atoms. The lowest BCUT2D eigenvalue weighted by Gasteiger charge is -2.20. The van der Waals surface area contributed by atoms with Crippen LogP contribution in [0, 0.1) is 0 Å². The molecule has 0 aliphatic carbocycles. The van der Waals surface area contributed by atoms with Gasteiger partial charge in [0.25, 0.3) is 0 Å². The van der Waals surface area contributed by atoms with Crippen LogP contribution in [-0.4, -0.2) is 80.2 Å². The van der Waals surface area contributed by atoms with Crippen molar-refractivity contribution in [1.29, 1.82) is 0 Å². The second-order valence-corrected chi connectivity index (χ2v) is 7.81. The summed E-state index contributed by atoms with van der Waals surface area (Å²) >= 11 is 1.45. The number of anilines is 1. The molecule has 3 aromatic rings. The van der Waals surface area contributed by atoms with E-state index >= 15 is 0 Å². The molecule has 1 N–H and O–H groups in total. The predicted molar refractivity (Wildman–Crippen MR) is 107 cm³/mol. The summed E-state index contributed by atoms with van der Waals surface area (Å²) in [5, 5.41) is 9.69. The van der Waals surface area contributed by atoms with Crippen LogP contribution in [0.25, 0.3) is 16.6 Å². The Kier molecular flexibility index (Phi) is 5.42. The molecule has 9 nitrogen and oxygen atoms in total. The highest BCUT2D eigenvalue weighted by atomic mass is 32.1. The maximum atomic E-state index is 12.6. The maximum absolute atomic E-state index is 12.6. The van der Waals surface area contributed by atoms with Gasteiger partial charge < -0.3 is 10.2 Å². The number of aromatic nitrogens is 5. The predicted octanol–water partition coefficient (Wildman–Crippen LogP) is 1.36. The fourth-order valence-electron chi connectivity index (χ4n) is 3.21. The minimum Gasteiger partial charge on any atom is -0.309 e. The van der Waals surface area contributed by atoms with Gasteiger partial charge in [0.1, 0.15) is 5.82 Å². The van der Waals surface area contributed by atoms with Crippen LogP contribution in [0.3, 0.4) is 0 Å². The summed E-state index contributed by atoms with van der Waals surface area (Å²) in [4.78, 5) is 30.2. The number of likely N-dealkylation sites (tertiary alicyclic amines) is 1. The van der Waals surface area contributed by atoms with Gasteiger partial charge in [-0.15, -0.1) is 11.3 Å². The van der Waals surface area contributed by atoms with Crippen LogP contribution in [0.1, 0.15) is 6.42 Å². The van der Waals surface area contributed by atoms with Gasteiger partial charge >= 0.3 is 0 Å². The molecule has 1 amide bonds. The third kappa shape index (κ3) is 4.24. The summed E-state index contributed by atoms with van der Waals surface area (Å²) in [6.45, 7) is 2.16. The van der Waals surface area contributed by atoms with Crippen molar-refractivity contribution in [3.8, 4) is 16.6 Å². The minimum atomic E-state index is -0.0883. The molecule has 4 rings (SSSR count). The molecule has 1 atom stereocenters. The van der Waals surface area contributed by atoms with Crippen molar-refractivity contribution in [3.63, 3.8) is 0 Å². The molecule has 3 aromatic heterocycles. The van der Waals surface area contributed by atoms with Crippen LogP contribution in [0.2, 0.25) is 0 Å². The largest absolute Gasteiger partial charge is 0.309 e. The fraction of sp³-hybridized carbons (Fsp3) is 0.389. The normalized spacial score (nSPS) is 17.3. The molecule has 0 bridgehead atoms. The molecule has 1 fully saturated rings. The maximum Gasteiger partial charge on any atom is 0.239 e. The Morgan fingerprint density at radius 3 is 2.93 bits per heavy atom. The monoisotopic (exact) mass is 398 g/mol.